The van der Waals surface area contributed by atoms with Gasteiger partial charge in [-0.2, -0.15) is 0 Å². The monoisotopic (exact) mass is 337 g/mol. The molecule has 1 aromatic carbocycles. The van der Waals surface area contributed by atoms with Gasteiger partial charge in [0.15, 0.2) is 0 Å². The summed E-state index contributed by atoms with van der Waals surface area (Å²) < 4.78 is 5.04. The summed E-state index contributed by atoms with van der Waals surface area (Å²) in [4.78, 5) is 24.7. The van der Waals surface area contributed by atoms with Crippen molar-refractivity contribution in [3.05, 3.63) is 40.4 Å². The van der Waals surface area contributed by atoms with Crippen LogP contribution in [0.5, 0.6) is 0 Å². The van der Waals surface area contributed by atoms with Crippen molar-refractivity contribution in [2.75, 3.05) is 25.0 Å². The summed E-state index contributed by atoms with van der Waals surface area (Å²) in [5.74, 6) is 0. The summed E-state index contributed by atoms with van der Waals surface area (Å²) >= 11 is 6.06. The fourth-order valence-corrected chi connectivity index (χ4v) is 2.36. The van der Waals surface area contributed by atoms with E-state index in [2.05, 4.69) is 5.32 Å². The first-order chi connectivity index (χ1) is 10.9. The highest BCUT2D eigenvalue weighted by molar-refractivity contribution is 6.33. The first-order valence-electron chi connectivity index (χ1n) is 7.36. The molecule has 124 valence electrons. The number of anilines is 1. The molecular formula is C16H20ClN3O3. The van der Waals surface area contributed by atoms with E-state index in [1.54, 1.807) is 31.2 Å². The molecule has 23 heavy (non-hydrogen) atoms. The quantitative estimate of drug-likeness (QED) is 0.832. The van der Waals surface area contributed by atoms with Crippen molar-refractivity contribution in [2.24, 2.45) is 0 Å². The number of ether oxygens (including phenoxy) is 1. The van der Waals surface area contributed by atoms with Crippen LogP contribution in [-0.2, 0) is 4.74 Å². The number of nitrogens with zero attached hydrogens (tertiary/aromatic N) is 2. The average Bonchev–Trinajstić information content (AvgIpc) is 2.52. The van der Waals surface area contributed by atoms with E-state index in [0.29, 0.717) is 23.8 Å². The van der Waals surface area contributed by atoms with Crippen LogP contribution in [-0.4, -0.2) is 41.8 Å². The number of carbonyl (C=O) groups excluding carboxylic acids is 2. The number of hydrogen-bond acceptors (Lipinski definition) is 3. The van der Waals surface area contributed by atoms with Gasteiger partial charge in [0, 0.05) is 0 Å². The lowest BCUT2D eigenvalue weighted by Crippen LogP contribution is -2.55. The molecule has 1 N–H and O–H groups in total. The van der Waals surface area contributed by atoms with Crippen LogP contribution in [0.15, 0.2) is 35.4 Å². The van der Waals surface area contributed by atoms with Crippen molar-refractivity contribution in [1.82, 2.24) is 10.0 Å². The highest BCUT2D eigenvalue weighted by Crippen LogP contribution is 2.23. The molecule has 0 fully saturated rings. The van der Waals surface area contributed by atoms with Gasteiger partial charge in [0.1, 0.15) is 0 Å². The molecule has 0 radical (unpaired) electrons. The van der Waals surface area contributed by atoms with Gasteiger partial charge in [-0.05, 0) is 32.9 Å². The Morgan fingerprint density at radius 3 is 2.39 bits per heavy atom. The highest BCUT2D eigenvalue weighted by atomic mass is 35.5. The summed E-state index contributed by atoms with van der Waals surface area (Å²) in [6.07, 6.45) is -0.548. The normalized spacial score (nSPS) is 14.8. The largest absolute Gasteiger partial charge is 0.448 e. The number of rotatable bonds is 2. The first-order valence-corrected chi connectivity index (χ1v) is 7.74. The van der Waals surface area contributed by atoms with Gasteiger partial charge in [0.25, 0.3) is 0 Å². The Morgan fingerprint density at radius 1 is 1.17 bits per heavy atom. The lowest BCUT2D eigenvalue weighted by Gasteiger charge is -2.38. The molecule has 7 heteroatoms. The van der Waals surface area contributed by atoms with E-state index in [0.717, 1.165) is 11.1 Å². The van der Waals surface area contributed by atoms with Crippen LogP contribution < -0.4 is 5.32 Å². The molecule has 0 aliphatic carbocycles. The standard InChI is InChI=1S/C16H20ClN3O3/c1-4-23-16(22)20-10-12(3)11(2)9-19(20)15(21)18-14-8-6-5-7-13(14)17/h5-8H,4,9-10H2,1-3H3,(H,18,21). The van der Waals surface area contributed by atoms with Gasteiger partial charge in [0.2, 0.25) is 0 Å². The smallest absolute Gasteiger partial charge is 0.429 e. The lowest BCUT2D eigenvalue weighted by molar-refractivity contribution is 0.0153. The second-order valence-corrected chi connectivity index (χ2v) is 5.69. The Balaban J connectivity index is 2.21. The van der Waals surface area contributed by atoms with Gasteiger partial charge in [-0.25, -0.2) is 19.6 Å². The minimum absolute atomic E-state index is 0.247. The van der Waals surface area contributed by atoms with Crippen LogP contribution in [0.1, 0.15) is 20.8 Å². The Hall–Kier alpha value is -2.21. The van der Waals surface area contributed by atoms with Crippen molar-refractivity contribution < 1.29 is 14.3 Å². The van der Waals surface area contributed by atoms with Crippen molar-refractivity contribution in [3.63, 3.8) is 0 Å². The molecule has 1 heterocycles. The van der Waals surface area contributed by atoms with E-state index in [1.807, 2.05) is 13.8 Å². The molecule has 0 saturated heterocycles. The maximum absolute atomic E-state index is 12.6. The molecule has 0 spiro atoms. The van der Waals surface area contributed by atoms with Gasteiger partial charge in [-0.3, -0.25) is 0 Å². The third-order valence-corrected chi connectivity index (χ3v) is 3.95. The number of nitrogens with one attached hydrogen (secondary N) is 1. The first kappa shape index (κ1) is 17.1. The third-order valence-electron chi connectivity index (χ3n) is 3.62. The number of halogens is 1. The van der Waals surface area contributed by atoms with Crippen molar-refractivity contribution in [1.29, 1.82) is 0 Å². The summed E-state index contributed by atoms with van der Waals surface area (Å²) in [5.41, 5.74) is 2.58. The minimum Gasteiger partial charge on any atom is -0.448 e. The fourth-order valence-electron chi connectivity index (χ4n) is 2.17. The minimum atomic E-state index is -0.548. The molecule has 1 aliphatic rings. The lowest BCUT2D eigenvalue weighted by atomic mass is 10.1. The highest BCUT2D eigenvalue weighted by Gasteiger charge is 2.31. The molecule has 0 aromatic heterocycles. The number of carbonyl (C=O) groups is 2. The van der Waals surface area contributed by atoms with Crippen LogP contribution >= 0.6 is 11.6 Å². The van der Waals surface area contributed by atoms with Crippen molar-refractivity contribution in [3.8, 4) is 0 Å². The van der Waals surface area contributed by atoms with Gasteiger partial charge in [0.05, 0.1) is 30.4 Å². The molecule has 1 aliphatic heterocycles. The van der Waals surface area contributed by atoms with Crippen molar-refractivity contribution >= 4 is 29.4 Å². The average molecular weight is 338 g/mol. The SMILES string of the molecule is CCOC(=O)N1CC(C)=C(C)CN1C(=O)Nc1ccccc1Cl. The Kier molecular flexibility index (Phi) is 5.50. The van der Waals surface area contributed by atoms with Gasteiger partial charge in [-0.15, -0.1) is 0 Å². The molecule has 1 aromatic rings. The molecule has 2 rings (SSSR count). The van der Waals surface area contributed by atoms with E-state index in [4.69, 9.17) is 16.3 Å². The molecule has 0 atom stereocenters. The topological polar surface area (TPSA) is 61.9 Å². The van der Waals surface area contributed by atoms with Crippen LogP contribution in [0.4, 0.5) is 15.3 Å². The second-order valence-electron chi connectivity index (χ2n) is 5.28. The molecule has 0 saturated carbocycles. The van der Waals surface area contributed by atoms with E-state index in [1.165, 1.54) is 10.0 Å². The number of benzene rings is 1. The third kappa shape index (κ3) is 3.96. The predicted octanol–water partition coefficient (Wildman–Crippen LogP) is 3.90. The zero-order chi connectivity index (χ0) is 17.0. The number of para-hydroxylation sites is 1. The molecule has 0 unspecified atom stereocenters. The van der Waals surface area contributed by atoms with Crippen LogP contribution in [0, 0.1) is 0 Å². The summed E-state index contributed by atoms with van der Waals surface area (Å²) in [6, 6.07) is 6.51. The Bertz CT molecular complexity index is 645. The predicted molar refractivity (Wildman–Crippen MR) is 89.3 cm³/mol. The molecule has 0 bridgehead atoms. The summed E-state index contributed by atoms with van der Waals surface area (Å²) in [6.45, 7) is 6.49. The number of hydrogen-bond donors (Lipinski definition) is 1. The van der Waals surface area contributed by atoms with Crippen LogP contribution in [0.25, 0.3) is 0 Å². The fraction of sp³-hybridized carbons (Fsp3) is 0.375. The zero-order valence-electron chi connectivity index (χ0n) is 13.4. The van der Waals surface area contributed by atoms with Gasteiger partial charge >= 0.3 is 12.1 Å². The van der Waals surface area contributed by atoms with E-state index < -0.39 is 12.1 Å². The van der Waals surface area contributed by atoms with E-state index >= 15 is 0 Å². The molecular weight excluding hydrogens is 318 g/mol. The molecule has 3 amide bonds. The number of amides is 3. The van der Waals surface area contributed by atoms with E-state index in [9.17, 15) is 9.59 Å². The summed E-state index contributed by atoms with van der Waals surface area (Å²) in [7, 11) is 0. The number of urea groups is 1. The maximum atomic E-state index is 12.6. The Labute approximate surface area is 140 Å². The van der Waals surface area contributed by atoms with Crippen molar-refractivity contribution in [2.45, 2.75) is 20.8 Å². The van der Waals surface area contributed by atoms with Crippen LogP contribution in [0.2, 0.25) is 5.02 Å². The Morgan fingerprint density at radius 2 is 1.78 bits per heavy atom. The number of hydrazine groups is 1. The van der Waals surface area contributed by atoms with E-state index in [-0.39, 0.29) is 6.61 Å². The summed E-state index contributed by atoms with van der Waals surface area (Å²) in [5, 5.41) is 5.80. The zero-order valence-corrected chi connectivity index (χ0v) is 14.2. The van der Waals surface area contributed by atoms with Gasteiger partial charge < -0.3 is 10.1 Å². The second kappa shape index (κ2) is 7.37. The van der Waals surface area contributed by atoms with Gasteiger partial charge in [-0.1, -0.05) is 34.9 Å². The van der Waals surface area contributed by atoms with Crippen LogP contribution in [0.3, 0.4) is 0 Å². The molecule has 6 nitrogen and oxygen atoms in total. The maximum Gasteiger partial charge on any atom is 0.429 e.